The van der Waals surface area contributed by atoms with Crippen LogP contribution in [0.25, 0.3) is 0 Å². The van der Waals surface area contributed by atoms with Gasteiger partial charge in [0.05, 0.1) is 19.6 Å². The molecular formula is C17H23NO5. The lowest BCUT2D eigenvalue weighted by Gasteiger charge is -2.32. The Balaban J connectivity index is 1.97. The number of carbonyl (C=O) groups excluding carboxylic acids is 1. The minimum Gasteiger partial charge on any atom is -0.493 e. The van der Waals surface area contributed by atoms with E-state index in [0.717, 1.165) is 0 Å². The Morgan fingerprint density at radius 2 is 2.00 bits per heavy atom. The minimum atomic E-state index is -0.802. The zero-order chi connectivity index (χ0) is 17.0. The Hall–Kier alpha value is -2.24. The fourth-order valence-corrected chi connectivity index (χ4v) is 2.39. The van der Waals surface area contributed by atoms with Crippen LogP contribution in [0.2, 0.25) is 0 Å². The molecule has 126 valence electrons. The molecule has 1 fully saturated rings. The summed E-state index contributed by atoms with van der Waals surface area (Å²) in [7, 11) is 1.53. The summed E-state index contributed by atoms with van der Waals surface area (Å²) in [5.74, 6) is 0.129. The lowest BCUT2D eigenvalue weighted by Crippen LogP contribution is -2.46. The van der Waals surface area contributed by atoms with Gasteiger partial charge in [0.15, 0.2) is 11.5 Å². The van der Waals surface area contributed by atoms with Crippen LogP contribution in [0.1, 0.15) is 37.0 Å². The summed E-state index contributed by atoms with van der Waals surface area (Å²) in [6.07, 6.45) is 0.960. The van der Waals surface area contributed by atoms with Crippen LogP contribution >= 0.6 is 0 Å². The lowest BCUT2D eigenvalue weighted by atomic mass is 9.80. The van der Waals surface area contributed by atoms with Crippen LogP contribution < -0.4 is 14.8 Å². The molecule has 1 amide bonds. The number of hydrogen-bond donors (Lipinski definition) is 2. The zero-order valence-electron chi connectivity index (χ0n) is 13.7. The highest BCUT2D eigenvalue weighted by Crippen LogP contribution is 2.30. The standard InChI is InChI=1S/C17H23NO5/c1-10(2)9-23-14-5-4-11(8-15(14)22-3)16(19)18-13-6-12(7-13)17(20)21/h4-5,8,10,12-13H,6-7,9H2,1-3H3,(H,18,19)(H,20,21). The maximum Gasteiger partial charge on any atom is 0.306 e. The van der Waals surface area contributed by atoms with E-state index in [0.29, 0.717) is 42.4 Å². The molecule has 0 radical (unpaired) electrons. The Labute approximate surface area is 135 Å². The fraction of sp³-hybridized carbons (Fsp3) is 0.529. The van der Waals surface area contributed by atoms with E-state index in [9.17, 15) is 9.59 Å². The van der Waals surface area contributed by atoms with Crippen LogP contribution in [0.5, 0.6) is 11.5 Å². The molecule has 0 aliphatic heterocycles. The molecule has 1 aliphatic carbocycles. The molecule has 0 spiro atoms. The van der Waals surface area contributed by atoms with Crippen molar-refractivity contribution in [2.75, 3.05) is 13.7 Å². The molecule has 0 saturated heterocycles. The second kappa shape index (κ2) is 7.35. The van der Waals surface area contributed by atoms with Crippen molar-refractivity contribution < 1.29 is 24.2 Å². The highest BCUT2D eigenvalue weighted by Gasteiger charge is 2.35. The van der Waals surface area contributed by atoms with Crippen molar-refractivity contribution in [3.63, 3.8) is 0 Å². The van der Waals surface area contributed by atoms with Gasteiger partial charge in [0.1, 0.15) is 0 Å². The van der Waals surface area contributed by atoms with Gasteiger partial charge in [0.25, 0.3) is 5.91 Å². The van der Waals surface area contributed by atoms with Gasteiger partial charge >= 0.3 is 5.97 Å². The molecule has 0 aromatic heterocycles. The third-order valence-electron chi connectivity index (χ3n) is 3.82. The van der Waals surface area contributed by atoms with Crippen molar-refractivity contribution in [2.24, 2.45) is 11.8 Å². The van der Waals surface area contributed by atoms with E-state index >= 15 is 0 Å². The van der Waals surface area contributed by atoms with Crippen molar-refractivity contribution >= 4 is 11.9 Å². The van der Waals surface area contributed by atoms with E-state index in [1.807, 2.05) is 0 Å². The van der Waals surface area contributed by atoms with Gasteiger partial charge in [-0.1, -0.05) is 13.8 Å². The summed E-state index contributed by atoms with van der Waals surface area (Å²) in [5, 5.41) is 11.7. The van der Waals surface area contributed by atoms with Crippen LogP contribution in [-0.2, 0) is 4.79 Å². The number of nitrogens with one attached hydrogen (secondary N) is 1. The second-order valence-electron chi connectivity index (χ2n) is 6.25. The number of aliphatic carboxylic acids is 1. The quantitative estimate of drug-likeness (QED) is 0.805. The number of carbonyl (C=O) groups is 2. The zero-order valence-corrected chi connectivity index (χ0v) is 13.7. The van der Waals surface area contributed by atoms with Crippen LogP contribution in [-0.4, -0.2) is 36.7 Å². The van der Waals surface area contributed by atoms with Crippen LogP contribution in [0, 0.1) is 11.8 Å². The van der Waals surface area contributed by atoms with E-state index in [1.165, 1.54) is 7.11 Å². The Morgan fingerprint density at radius 3 is 2.57 bits per heavy atom. The number of methoxy groups -OCH3 is 1. The second-order valence-corrected chi connectivity index (χ2v) is 6.25. The highest BCUT2D eigenvalue weighted by molar-refractivity contribution is 5.95. The average Bonchev–Trinajstić information content (AvgIpc) is 2.47. The molecule has 0 atom stereocenters. The molecular weight excluding hydrogens is 298 g/mol. The molecule has 6 heteroatoms. The smallest absolute Gasteiger partial charge is 0.306 e. The van der Waals surface area contributed by atoms with Crippen LogP contribution in [0.3, 0.4) is 0 Å². The number of ether oxygens (including phenoxy) is 2. The van der Waals surface area contributed by atoms with Crippen molar-refractivity contribution in [3.05, 3.63) is 23.8 Å². The van der Waals surface area contributed by atoms with E-state index in [4.69, 9.17) is 14.6 Å². The molecule has 2 rings (SSSR count). The molecule has 6 nitrogen and oxygen atoms in total. The van der Waals surface area contributed by atoms with Crippen molar-refractivity contribution in [2.45, 2.75) is 32.7 Å². The van der Waals surface area contributed by atoms with Gasteiger partial charge in [-0.3, -0.25) is 9.59 Å². The van der Waals surface area contributed by atoms with E-state index in [-0.39, 0.29) is 17.9 Å². The topological polar surface area (TPSA) is 84.9 Å². The van der Waals surface area contributed by atoms with Gasteiger partial charge in [0.2, 0.25) is 0 Å². The monoisotopic (exact) mass is 321 g/mol. The largest absolute Gasteiger partial charge is 0.493 e. The van der Waals surface area contributed by atoms with Crippen LogP contribution in [0.15, 0.2) is 18.2 Å². The predicted octanol–water partition coefficient (Wildman–Crippen LogP) is 2.32. The number of rotatable bonds is 7. The highest BCUT2D eigenvalue weighted by atomic mass is 16.5. The maximum absolute atomic E-state index is 12.2. The molecule has 1 saturated carbocycles. The normalized spacial score (nSPS) is 19.8. The first kappa shape index (κ1) is 17.1. The number of amides is 1. The van der Waals surface area contributed by atoms with Crippen molar-refractivity contribution in [1.82, 2.24) is 5.32 Å². The number of carboxylic acids is 1. The average molecular weight is 321 g/mol. The summed E-state index contributed by atoms with van der Waals surface area (Å²) in [4.78, 5) is 23.0. The molecule has 2 N–H and O–H groups in total. The summed E-state index contributed by atoms with van der Waals surface area (Å²) < 4.78 is 10.9. The lowest BCUT2D eigenvalue weighted by molar-refractivity contribution is -0.145. The summed E-state index contributed by atoms with van der Waals surface area (Å²) >= 11 is 0. The molecule has 23 heavy (non-hydrogen) atoms. The predicted molar refractivity (Wildman–Crippen MR) is 84.9 cm³/mol. The van der Waals surface area contributed by atoms with Gasteiger partial charge in [-0.25, -0.2) is 0 Å². The van der Waals surface area contributed by atoms with Crippen molar-refractivity contribution in [1.29, 1.82) is 0 Å². The van der Waals surface area contributed by atoms with E-state index in [2.05, 4.69) is 19.2 Å². The molecule has 1 aliphatic rings. The van der Waals surface area contributed by atoms with Gasteiger partial charge in [-0.15, -0.1) is 0 Å². The van der Waals surface area contributed by atoms with Gasteiger partial charge in [-0.05, 0) is 37.0 Å². The van der Waals surface area contributed by atoms with E-state index < -0.39 is 5.97 Å². The first-order valence-electron chi connectivity index (χ1n) is 7.75. The fourth-order valence-electron chi connectivity index (χ4n) is 2.39. The van der Waals surface area contributed by atoms with E-state index in [1.54, 1.807) is 18.2 Å². The molecule has 1 aromatic carbocycles. The first-order chi connectivity index (χ1) is 10.9. The summed E-state index contributed by atoms with van der Waals surface area (Å²) in [6, 6.07) is 4.96. The molecule has 0 bridgehead atoms. The third-order valence-corrected chi connectivity index (χ3v) is 3.82. The van der Waals surface area contributed by atoms with Crippen molar-refractivity contribution in [3.8, 4) is 11.5 Å². The van der Waals surface area contributed by atoms with Gasteiger partial charge in [0, 0.05) is 11.6 Å². The Bertz CT molecular complexity index is 578. The molecule has 1 aromatic rings. The number of benzene rings is 1. The number of hydrogen-bond acceptors (Lipinski definition) is 4. The first-order valence-corrected chi connectivity index (χ1v) is 7.75. The van der Waals surface area contributed by atoms with Gasteiger partial charge < -0.3 is 19.9 Å². The third kappa shape index (κ3) is 4.37. The Kier molecular flexibility index (Phi) is 5.47. The maximum atomic E-state index is 12.2. The SMILES string of the molecule is COc1cc(C(=O)NC2CC(C(=O)O)C2)ccc1OCC(C)C. The molecule has 0 unspecified atom stereocenters. The summed E-state index contributed by atoms with van der Waals surface area (Å²) in [6.45, 7) is 4.68. The van der Waals surface area contributed by atoms with Gasteiger partial charge in [-0.2, -0.15) is 0 Å². The number of carboxylic acid groups (broad SMARTS) is 1. The minimum absolute atomic E-state index is 0.0773. The Morgan fingerprint density at radius 1 is 1.30 bits per heavy atom. The summed E-state index contributed by atoms with van der Waals surface area (Å²) in [5.41, 5.74) is 0.470. The van der Waals surface area contributed by atoms with Crippen LogP contribution in [0.4, 0.5) is 0 Å². The molecule has 0 heterocycles.